The maximum atomic E-state index is 13.3. The quantitative estimate of drug-likeness (QED) is 0.232. The summed E-state index contributed by atoms with van der Waals surface area (Å²) in [6.45, 7) is 1.88. The van der Waals surface area contributed by atoms with Gasteiger partial charge in [0.25, 0.3) is 0 Å². The Bertz CT molecular complexity index is 1360. The van der Waals surface area contributed by atoms with Crippen molar-refractivity contribution in [3.8, 4) is 16.9 Å². The molecule has 0 radical (unpaired) electrons. The molecular formula is C25H23FN4O4S2. The van der Waals surface area contributed by atoms with Gasteiger partial charge >= 0.3 is 5.97 Å². The molecule has 2 aromatic heterocycles. The van der Waals surface area contributed by atoms with Gasteiger partial charge in [-0.1, -0.05) is 42.1 Å². The van der Waals surface area contributed by atoms with Crippen molar-refractivity contribution in [3.63, 3.8) is 0 Å². The first-order valence-electron chi connectivity index (χ1n) is 10.9. The highest BCUT2D eigenvalue weighted by Crippen LogP contribution is 2.36. The molecular weight excluding hydrogens is 503 g/mol. The lowest BCUT2D eigenvalue weighted by Crippen LogP contribution is -2.16. The van der Waals surface area contributed by atoms with Gasteiger partial charge in [0.1, 0.15) is 22.1 Å². The van der Waals surface area contributed by atoms with Gasteiger partial charge in [0.15, 0.2) is 17.1 Å². The highest BCUT2D eigenvalue weighted by Gasteiger charge is 2.23. The molecule has 8 nitrogen and oxygen atoms in total. The van der Waals surface area contributed by atoms with E-state index < -0.39 is 5.97 Å². The molecule has 4 aromatic rings. The van der Waals surface area contributed by atoms with E-state index in [1.54, 1.807) is 22.1 Å². The van der Waals surface area contributed by atoms with E-state index in [4.69, 9.17) is 9.47 Å². The number of amides is 1. The lowest BCUT2D eigenvalue weighted by Gasteiger charge is -2.14. The summed E-state index contributed by atoms with van der Waals surface area (Å²) in [7, 11) is 3.08. The van der Waals surface area contributed by atoms with Crippen molar-refractivity contribution in [2.24, 2.45) is 7.05 Å². The highest BCUT2D eigenvalue weighted by molar-refractivity contribution is 7.99. The molecule has 0 spiro atoms. The summed E-state index contributed by atoms with van der Waals surface area (Å²) in [6, 6.07) is 15.2. The number of hydrogen-bond acceptors (Lipinski definition) is 8. The zero-order chi connectivity index (χ0) is 25.7. The first-order valence-corrected chi connectivity index (χ1v) is 12.7. The topological polar surface area (TPSA) is 95.3 Å². The molecule has 4 rings (SSSR count). The molecule has 2 heterocycles. The summed E-state index contributed by atoms with van der Waals surface area (Å²) < 4.78 is 26.0. The summed E-state index contributed by atoms with van der Waals surface area (Å²) in [6.07, 6.45) is -0.341. The fourth-order valence-corrected chi connectivity index (χ4v) is 5.14. The fourth-order valence-electron chi connectivity index (χ4n) is 3.45. The zero-order valence-electron chi connectivity index (χ0n) is 19.7. The summed E-state index contributed by atoms with van der Waals surface area (Å²) in [5, 5.41) is 13.8. The molecule has 0 aliphatic heterocycles. The number of esters is 1. The predicted octanol–water partition coefficient (Wildman–Crippen LogP) is 5.34. The van der Waals surface area contributed by atoms with E-state index in [-0.39, 0.29) is 29.1 Å². The number of rotatable bonds is 9. The maximum Gasteiger partial charge on any atom is 0.341 e. The van der Waals surface area contributed by atoms with Crippen LogP contribution in [0, 0.1) is 5.82 Å². The normalized spacial score (nSPS) is 11.7. The van der Waals surface area contributed by atoms with Gasteiger partial charge in [-0.15, -0.1) is 21.5 Å². The Labute approximate surface area is 215 Å². The zero-order valence-corrected chi connectivity index (χ0v) is 21.4. The van der Waals surface area contributed by atoms with Crippen LogP contribution in [0.4, 0.5) is 9.39 Å². The number of carbonyl (C=O) groups is 2. The average molecular weight is 527 g/mol. The summed E-state index contributed by atoms with van der Waals surface area (Å²) >= 11 is 2.41. The number of methoxy groups -OCH3 is 1. The number of ether oxygens (including phenoxy) is 2. The van der Waals surface area contributed by atoms with Gasteiger partial charge < -0.3 is 19.4 Å². The second kappa shape index (κ2) is 11.4. The molecule has 1 N–H and O–H groups in total. The molecule has 0 bridgehead atoms. The molecule has 36 heavy (non-hydrogen) atoms. The lowest BCUT2D eigenvalue weighted by molar-refractivity contribution is -0.113. The van der Waals surface area contributed by atoms with Crippen LogP contribution in [0.3, 0.4) is 0 Å². The molecule has 1 atom stereocenters. The Hall–Kier alpha value is -3.70. The van der Waals surface area contributed by atoms with E-state index in [1.807, 2.05) is 44.3 Å². The summed E-state index contributed by atoms with van der Waals surface area (Å²) in [5.74, 6) is 0.0900. The van der Waals surface area contributed by atoms with Crippen molar-refractivity contribution in [2.75, 3.05) is 18.2 Å². The molecule has 0 fully saturated rings. The third-order valence-corrected chi connectivity index (χ3v) is 7.13. The minimum atomic E-state index is -0.594. The van der Waals surface area contributed by atoms with E-state index >= 15 is 0 Å². The van der Waals surface area contributed by atoms with Crippen molar-refractivity contribution < 1.29 is 23.5 Å². The van der Waals surface area contributed by atoms with Gasteiger partial charge in [0, 0.05) is 18.0 Å². The number of anilines is 1. The van der Waals surface area contributed by atoms with E-state index in [0.717, 1.165) is 5.75 Å². The van der Waals surface area contributed by atoms with Crippen molar-refractivity contribution in [3.05, 3.63) is 77.2 Å². The standard InChI is InChI=1S/C25H23FN4O4S2/c1-15(34-18-7-5-4-6-8-18)22-28-29-25(30(22)2)36-14-20(31)27-23-21(24(32)33-3)19(13-35-23)16-9-11-17(26)12-10-16/h4-13,15H,14H2,1-3H3,(H,27,31). The smallest absolute Gasteiger partial charge is 0.341 e. The van der Waals surface area contributed by atoms with Crippen LogP contribution < -0.4 is 10.1 Å². The van der Waals surface area contributed by atoms with Crippen LogP contribution in [0.2, 0.25) is 0 Å². The number of hydrogen-bond donors (Lipinski definition) is 1. The van der Waals surface area contributed by atoms with Crippen LogP contribution in [0.15, 0.2) is 65.1 Å². The fraction of sp³-hybridized carbons (Fsp3) is 0.200. The number of nitrogens with one attached hydrogen (secondary N) is 1. The van der Waals surface area contributed by atoms with Crippen LogP contribution in [0.5, 0.6) is 5.75 Å². The Morgan fingerprint density at radius 3 is 2.56 bits per heavy atom. The largest absolute Gasteiger partial charge is 0.483 e. The van der Waals surface area contributed by atoms with Crippen molar-refractivity contribution >= 4 is 40.0 Å². The van der Waals surface area contributed by atoms with E-state index in [9.17, 15) is 14.0 Å². The number of para-hydroxylation sites is 1. The third-order valence-electron chi connectivity index (χ3n) is 5.21. The molecule has 0 saturated carbocycles. The van der Waals surface area contributed by atoms with Crippen LogP contribution >= 0.6 is 23.1 Å². The second-order valence-electron chi connectivity index (χ2n) is 7.66. The molecule has 1 unspecified atom stereocenters. The predicted molar refractivity (Wildman–Crippen MR) is 137 cm³/mol. The number of halogens is 1. The molecule has 11 heteroatoms. The summed E-state index contributed by atoms with van der Waals surface area (Å²) in [4.78, 5) is 25.2. The number of thiophene rings is 1. The lowest BCUT2D eigenvalue weighted by atomic mass is 10.0. The second-order valence-corrected chi connectivity index (χ2v) is 9.48. The third kappa shape index (κ3) is 5.74. The molecule has 186 valence electrons. The van der Waals surface area contributed by atoms with Crippen LogP contribution in [-0.4, -0.2) is 39.5 Å². The maximum absolute atomic E-state index is 13.3. The Morgan fingerprint density at radius 1 is 1.14 bits per heavy atom. The average Bonchev–Trinajstić information content (AvgIpc) is 3.46. The molecule has 0 aliphatic rings. The van der Waals surface area contributed by atoms with Gasteiger partial charge in [-0.05, 0) is 36.8 Å². The SMILES string of the molecule is COC(=O)c1c(-c2ccc(F)cc2)csc1NC(=O)CSc1nnc(C(C)Oc2ccccc2)n1C. The number of carbonyl (C=O) groups excluding carboxylic acids is 2. The number of aromatic nitrogens is 3. The Kier molecular flexibility index (Phi) is 8.01. The first-order chi connectivity index (χ1) is 17.4. The van der Waals surface area contributed by atoms with E-state index in [1.165, 1.54) is 42.3 Å². The van der Waals surface area contributed by atoms with Gasteiger partial charge in [-0.25, -0.2) is 9.18 Å². The van der Waals surface area contributed by atoms with Crippen LogP contribution in [0.25, 0.3) is 11.1 Å². The molecule has 0 aliphatic carbocycles. The minimum Gasteiger partial charge on any atom is -0.483 e. The first kappa shape index (κ1) is 25.4. The summed E-state index contributed by atoms with van der Waals surface area (Å²) in [5.41, 5.74) is 1.42. The van der Waals surface area contributed by atoms with Gasteiger partial charge in [0.05, 0.1) is 12.9 Å². The van der Waals surface area contributed by atoms with E-state index in [0.29, 0.717) is 27.1 Å². The Morgan fingerprint density at radius 2 is 1.86 bits per heavy atom. The van der Waals surface area contributed by atoms with Gasteiger partial charge in [-0.2, -0.15) is 0 Å². The number of thioether (sulfide) groups is 1. The van der Waals surface area contributed by atoms with E-state index in [2.05, 4.69) is 15.5 Å². The monoisotopic (exact) mass is 526 g/mol. The number of benzene rings is 2. The van der Waals surface area contributed by atoms with Crippen LogP contribution in [-0.2, 0) is 16.6 Å². The molecule has 1 amide bonds. The number of nitrogens with zero attached hydrogens (tertiary/aromatic N) is 3. The van der Waals surface area contributed by atoms with Crippen molar-refractivity contribution in [1.82, 2.24) is 14.8 Å². The Balaban J connectivity index is 1.43. The highest BCUT2D eigenvalue weighted by atomic mass is 32.2. The van der Waals surface area contributed by atoms with Crippen LogP contribution in [0.1, 0.15) is 29.2 Å². The van der Waals surface area contributed by atoms with Crippen molar-refractivity contribution in [2.45, 2.75) is 18.2 Å². The van der Waals surface area contributed by atoms with Crippen molar-refractivity contribution in [1.29, 1.82) is 0 Å². The van der Waals surface area contributed by atoms with Gasteiger partial charge in [-0.3, -0.25) is 4.79 Å². The molecule has 2 aromatic carbocycles. The molecule has 0 saturated heterocycles. The van der Waals surface area contributed by atoms with Gasteiger partial charge in [0.2, 0.25) is 5.91 Å². The minimum absolute atomic E-state index is 0.0459.